The van der Waals surface area contributed by atoms with Crippen molar-refractivity contribution in [3.05, 3.63) is 46.8 Å². The van der Waals surface area contributed by atoms with Crippen LogP contribution in [0.1, 0.15) is 58.9 Å². The minimum atomic E-state index is -0.0746. The van der Waals surface area contributed by atoms with Crippen molar-refractivity contribution in [3.63, 3.8) is 0 Å². The summed E-state index contributed by atoms with van der Waals surface area (Å²) >= 11 is 0. The summed E-state index contributed by atoms with van der Waals surface area (Å²) < 4.78 is 2.14. The number of nitrogens with one attached hydrogen (secondary N) is 1. The monoisotopic (exact) mass is 351 g/mol. The summed E-state index contributed by atoms with van der Waals surface area (Å²) in [4.78, 5) is 26.6. The van der Waals surface area contributed by atoms with Crippen molar-refractivity contribution < 1.29 is 9.59 Å². The van der Waals surface area contributed by atoms with Crippen LogP contribution in [0.4, 0.5) is 11.4 Å². The van der Waals surface area contributed by atoms with Gasteiger partial charge in [0.25, 0.3) is 5.91 Å². The third-order valence-electron chi connectivity index (χ3n) is 5.63. The highest BCUT2D eigenvalue weighted by Crippen LogP contribution is 2.41. The standard InChI is InChI=1S/C21H25N3O2/c1-13-11-16(8-9-18(13)24-10-4-5-20(24)25)22-21(26)17-12-19(15-6-7-15)23(3)14(17)2/h8-9,11-12,15H,4-7,10H2,1-3H3,(H,22,26). The van der Waals surface area contributed by atoms with E-state index in [1.54, 1.807) is 0 Å². The molecule has 2 aromatic rings. The molecule has 1 aromatic heterocycles. The van der Waals surface area contributed by atoms with Crippen LogP contribution >= 0.6 is 0 Å². The summed E-state index contributed by atoms with van der Waals surface area (Å²) in [5.74, 6) is 0.714. The Kier molecular flexibility index (Phi) is 4.10. The smallest absolute Gasteiger partial charge is 0.257 e. The molecule has 5 heteroatoms. The minimum absolute atomic E-state index is 0.0746. The van der Waals surface area contributed by atoms with Gasteiger partial charge in [0.2, 0.25) is 5.91 Å². The fraction of sp³-hybridized carbons (Fsp3) is 0.429. The van der Waals surface area contributed by atoms with Crippen molar-refractivity contribution in [3.8, 4) is 0 Å². The Bertz CT molecular complexity index is 893. The zero-order chi connectivity index (χ0) is 18.4. The topological polar surface area (TPSA) is 54.3 Å². The Morgan fingerprint density at radius 2 is 1.96 bits per heavy atom. The first kappa shape index (κ1) is 16.9. The second kappa shape index (κ2) is 6.31. The lowest BCUT2D eigenvalue weighted by molar-refractivity contribution is -0.117. The average molecular weight is 351 g/mol. The van der Waals surface area contributed by atoms with Gasteiger partial charge in [0, 0.05) is 42.8 Å². The number of rotatable bonds is 4. The molecule has 0 radical (unpaired) electrons. The van der Waals surface area contributed by atoms with E-state index in [-0.39, 0.29) is 11.8 Å². The Morgan fingerprint density at radius 3 is 2.58 bits per heavy atom. The Labute approximate surface area is 154 Å². The Hall–Kier alpha value is -2.56. The van der Waals surface area contributed by atoms with Crippen LogP contribution in [-0.4, -0.2) is 22.9 Å². The minimum Gasteiger partial charge on any atom is -0.351 e. The molecule has 136 valence electrons. The predicted octanol–water partition coefficient (Wildman–Crippen LogP) is 3.90. The first-order valence-electron chi connectivity index (χ1n) is 9.34. The summed E-state index contributed by atoms with van der Waals surface area (Å²) in [5, 5.41) is 3.01. The van der Waals surface area contributed by atoms with E-state index < -0.39 is 0 Å². The van der Waals surface area contributed by atoms with Crippen LogP contribution in [0, 0.1) is 13.8 Å². The molecule has 2 heterocycles. The van der Waals surface area contributed by atoms with Crippen LogP contribution in [0.15, 0.2) is 24.3 Å². The van der Waals surface area contributed by atoms with E-state index >= 15 is 0 Å². The van der Waals surface area contributed by atoms with Gasteiger partial charge in [-0.2, -0.15) is 0 Å². The van der Waals surface area contributed by atoms with Crippen molar-refractivity contribution >= 4 is 23.2 Å². The maximum atomic E-state index is 12.8. The maximum Gasteiger partial charge on any atom is 0.257 e. The maximum absolute atomic E-state index is 12.8. The number of carbonyl (C=O) groups excluding carboxylic acids is 2. The highest BCUT2D eigenvalue weighted by Gasteiger charge is 2.29. The van der Waals surface area contributed by atoms with Gasteiger partial charge in [0.05, 0.1) is 5.56 Å². The molecular formula is C21H25N3O2. The number of nitrogens with zero attached hydrogens (tertiary/aromatic N) is 2. The summed E-state index contributed by atoms with van der Waals surface area (Å²) in [7, 11) is 2.03. The molecule has 5 nitrogen and oxygen atoms in total. The van der Waals surface area contributed by atoms with Gasteiger partial charge in [0.15, 0.2) is 0 Å². The lowest BCUT2D eigenvalue weighted by Gasteiger charge is -2.19. The van der Waals surface area contributed by atoms with E-state index in [2.05, 4.69) is 9.88 Å². The van der Waals surface area contributed by atoms with E-state index in [1.807, 2.05) is 50.1 Å². The Balaban J connectivity index is 1.54. The molecule has 0 unspecified atom stereocenters. The van der Waals surface area contributed by atoms with E-state index in [0.29, 0.717) is 12.3 Å². The molecule has 1 N–H and O–H groups in total. The van der Waals surface area contributed by atoms with E-state index in [0.717, 1.165) is 41.2 Å². The molecule has 1 aliphatic carbocycles. The van der Waals surface area contributed by atoms with Gasteiger partial charge in [-0.1, -0.05) is 0 Å². The molecule has 1 aromatic carbocycles. The molecule has 2 aliphatic rings. The zero-order valence-corrected chi connectivity index (χ0v) is 15.6. The second-order valence-corrected chi connectivity index (χ2v) is 7.51. The predicted molar refractivity (Wildman–Crippen MR) is 103 cm³/mol. The quantitative estimate of drug-likeness (QED) is 0.908. The van der Waals surface area contributed by atoms with Crippen LogP contribution in [0.5, 0.6) is 0 Å². The van der Waals surface area contributed by atoms with Crippen molar-refractivity contribution in [2.24, 2.45) is 7.05 Å². The number of benzene rings is 1. The largest absolute Gasteiger partial charge is 0.351 e. The van der Waals surface area contributed by atoms with Crippen LogP contribution in [0.2, 0.25) is 0 Å². The summed E-state index contributed by atoms with van der Waals surface area (Å²) in [6.07, 6.45) is 3.96. The number of hydrogen-bond acceptors (Lipinski definition) is 2. The number of aryl methyl sites for hydroxylation is 1. The van der Waals surface area contributed by atoms with Crippen LogP contribution in [-0.2, 0) is 11.8 Å². The summed E-state index contributed by atoms with van der Waals surface area (Å²) in [5.41, 5.74) is 5.70. The zero-order valence-electron chi connectivity index (χ0n) is 15.6. The van der Waals surface area contributed by atoms with E-state index in [1.165, 1.54) is 18.5 Å². The van der Waals surface area contributed by atoms with Crippen LogP contribution in [0.3, 0.4) is 0 Å². The molecule has 0 bridgehead atoms. The lowest BCUT2D eigenvalue weighted by Crippen LogP contribution is -2.24. The highest BCUT2D eigenvalue weighted by atomic mass is 16.2. The van der Waals surface area contributed by atoms with Crippen LogP contribution < -0.4 is 10.2 Å². The molecule has 1 saturated carbocycles. The Morgan fingerprint density at radius 1 is 1.19 bits per heavy atom. The number of aromatic nitrogens is 1. The van der Waals surface area contributed by atoms with Crippen LogP contribution in [0.25, 0.3) is 0 Å². The fourth-order valence-electron chi connectivity index (χ4n) is 3.86. The summed E-state index contributed by atoms with van der Waals surface area (Å²) in [6.45, 7) is 4.75. The molecule has 26 heavy (non-hydrogen) atoms. The first-order valence-corrected chi connectivity index (χ1v) is 9.34. The third kappa shape index (κ3) is 2.91. The molecule has 0 spiro atoms. The van der Waals surface area contributed by atoms with E-state index in [9.17, 15) is 9.59 Å². The third-order valence-corrected chi connectivity index (χ3v) is 5.63. The van der Waals surface area contributed by atoms with Gasteiger partial charge in [-0.3, -0.25) is 9.59 Å². The lowest BCUT2D eigenvalue weighted by atomic mass is 10.1. The van der Waals surface area contributed by atoms with Crippen molar-refractivity contribution in [2.45, 2.75) is 45.4 Å². The van der Waals surface area contributed by atoms with Gasteiger partial charge < -0.3 is 14.8 Å². The number of amides is 2. The average Bonchev–Trinajstić information content (AvgIpc) is 3.29. The number of hydrogen-bond donors (Lipinski definition) is 1. The molecule has 2 amide bonds. The normalized spacial score (nSPS) is 17.0. The molecule has 0 atom stereocenters. The number of anilines is 2. The van der Waals surface area contributed by atoms with Gasteiger partial charge in [-0.05, 0) is 68.9 Å². The van der Waals surface area contributed by atoms with Crippen molar-refractivity contribution in [1.82, 2.24) is 4.57 Å². The van der Waals surface area contributed by atoms with Gasteiger partial charge in [-0.15, -0.1) is 0 Å². The molecule has 1 aliphatic heterocycles. The first-order chi connectivity index (χ1) is 12.5. The SMILES string of the molecule is Cc1cc(NC(=O)c2cc(C3CC3)n(C)c2C)ccc1N1CCCC1=O. The molecule has 1 saturated heterocycles. The van der Waals surface area contributed by atoms with E-state index in [4.69, 9.17) is 0 Å². The fourth-order valence-corrected chi connectivity index (χ4v) is 3.86. The highest BCUT2D eigenvalue weighted by molar-refractivity contribution is 6.05. The number of carbonyl (C=O) groups is 2. The van der Waals surface area contributed by atoms with Gasteiger partial charge >= 0.3 is 0 Å². The molecule has 2 fully saturated rings. The summed E-state index contributed by atoms with van der Waals surface area (Å²) in [6, 6.07) is 7.79. The van der Waals surface area contributed by atoms with Gasteiger partial charge in [-0.25, -0.2) is 0 Å². The molecular weight excluding hydrogens is 326 g/mol. The molecule has 4 rings (SSSR count). The van der Waals surface area contributed by atoms with Crippen molar-refractivity contribution in [2.75, 3.05) is 16.8 Å². The van der Waals surface area contributed by atoms with Crippen molar-refractivity contribution in [1.29, 1.82) is 0 Å². The second-order valence-electron chi connectivity index (χ2n) is 7.51. The van der Waals surface area contributed by atoms with Gasteiger partial charge in [0.1, 0.15) is 0 Å².